The quantitative estimate of drug-likeness (QED) is 0.324. The highest BCUT2D eigenvalue weighted by Crippen LogP contribution is 2.16. The van der Waals surface area contributed by atoms with Crippen molar-refractivity contribution in [3.63, 3.8) is 0 Å². The highest BCUT2D eigenvalue weighted by atomic mass is 32.2. The summed E-state index contributed by atoms with van der Waals surface area (Å²) in [6.45, 7) is 10.3. The molecule has 0 fully saturated rings. The van der Waals surface area contributed by atoms with E-state index in [0.29, 0.717) is 19.5 Å². The van der Waals surface area contributed by atoms with E-state index < -0.39 is 10.0 Å². The fraction of sp³-hybridized carbons (Fsp3) is 0.733. The Morgan fingerprint density at radius 1 is 1.21 bits per heavy atom. The first kappa shape index (κ1) is 20.9. The summed E-state index contributed by atoms with van der Waals surface area (Å²) in [4.78, 5) is 10.2. The highest BCUT2D eigenvalue weighted by molar-refractivity contribution is 7.89. The van der Waals surface area contributed by atoms with Crippen molar-refractivity contribution in [2.45, 2.75) is 40.5 Å². The molecule has 1 heterocycles. The van der Waals surface area contributed by atoms with Gasteiger partial charge in [0.1, 0.15) is 0 Å². The molecule has 0 radical (unpaired) electrons. The number of sulfonamides is 1. The average Bonchev–Trinajstić information content (AvgIpc) is 2.85. The topological polar surface area (TPSA) is 95.5 Å². The number of guanidine groups is 1. The number of rotatable bonds is 10. The van der Waals surface area contributed by atoms with Crippen LogP contribution in [0.1, 0.15) is 35.8 Å². The molecule has 0 aliphatic heterocycles. The molecule has 1 aromatic rings. The van der Waals surface area contributed by atoms with Gasteiger partial charge in [-0.25, -0.2) is 18.1 Å². The van der Waals surface area contributed by atoms with Crippen LogP contribution in [0.2, 0.25) is 0 Å². The van der Waals surface area contributed by atoms with E-state index in [9.17, 15) is 8.42 Å². The lowest BCUT2D eigenvalue weighted by Crippen LogP contribution is -2.38. The molecule has 0 atom stereocenters. The zero-order valence-corrected chi connectivity index (χ0v) is 16.6. The van der Waals surface area contributed by atoms with Crippen molar-refractivity contribution in [1.29, 1.82) is 0 Å². The fourth-order valence-electron chi connectivity index (χ4n) is 1.88. The average molecular weight is 376 g/mol. The van der Waals surface area contributed by atoms with Crippen molar-refractivity contribution in [1.82, 2.24) is 20.3 Å². The number of aromatic nitrogens is 1. The molecule has 3 N–H and O–H groups in total. The van der Waals surface area contributed by atoms with Gasteiger partial charge in [-0.3, -0.25) is 4.99 Å². The van der Waals surface area contributed by atoms with Gasteiger partial charge in [-0.2, -0.15) is 0 Å². The molecule has 0 saturated heterocycles. The Kier molecular flexibility index (Phi) is 9.24. The van der Waals surface area contributed by atoms with E-state index in [1.807, 2.05) is 13.8 Å². The maximum absolute atomic E-state index is 11.3. The minimum Gasteiger partial charge on any atom is -0.357 e. The predicted molar refractivity (Wildman–Crippen MR) is 101 cm³/mol. The van der Waals surface area contributed by atoms with E-state index in [2.05, 4.69) is 32.3 Å². The van der Waals surface area contributed by atoms with Crippen LogP contribution in [0, 0.1) is 13.8 Å². The lowest BCUT2D eigenvalue weighted by molar-refractivity contribution is 0.581. The van der Waals surface area contributed by atoms with Crippen LogP contribution in [0.3, 0.4) is 0 Å². The molecule has 0 saturated carbocycles. The van der Waals surface area contributed by atoms with Crippen molar-refractivity contribution >= 4 is 27.3 Å². The van der Waals surface area contributed by atoms with Gasteiger partial charge in [0.15, 0.2) is 5.96 Å². The molecule has 1 rings (SSSR count). The zero-order chi connectivity index (χ0) is 18.0. The summed E-state index contributed by atoms with van der Waals surface area (Å²) in [5.74, 6) is 0.858. The number of nitrogens with one attached hydrogen (secondary N) is 3. The van der Waals surface area contributed by atoms with Gasteiger partial charge in [0.2, 0.25) is 10.0 Å². The first-order valence-corrected chi connectivity index (χ1v) is 10.8. The van der Waals surface area contributed by atoms with Crippen molar-refractivity contribution in [3.05, 3.63) is 15.6 Å². The van der Waals surface area contributed by atoms with Gasteiger partial charge in [0, 0.05) is 37.5 Å². The SMILES string of the molecule is CCNC(=NCCCNS(=O)(=O)CC)NCCc1nc(C)c(C)s1. The summed E-state index contributed by atoms with van der Waals surface area (Å²) >= 11 is 1.73. The van der Waals surface area contributed by atoms with Crippen molar-refractivity contribution in [2.75, 3.05) is 31.9 Å². The Bertz CT molecular complexity index is 606. The minimum atomic E-state index is -3.11. The van der Waals surface area contributed by atoms with Gasteiger partial charge < -0.3 is 10.6 Å². The Morgan fingerprint density at radius 2 is 1.96 bits per heavy atom. The maximum Gasteiger partial charge on any atom is 0.211 e. The van der Waals surface area contributed by atoms with E-state index in [1.165, 1.54) is 4.88 Å². The molecule has 0 spiro atoms. The highest BCUT2D eigenvalue weighted by Gasteiger charge is 2.05. The Morgan fingerprint density at radius 3 is 2.54 bits per heavy atom. The van der Waals surface area contributed by atoms with E-state index in [4.69, 9.17) is 0 Å². The predicted octanol–water partition coefficient (Wildman–Crippen LogP) is 1.19. The minimum absolute atomic E-state index is 0.107. The molecule has 0 aromatic carbocycles. The van der Waals surface area contributed by atoms with Gasteiger partial charge in [-0.1, -0.05) is 0 Å². The third kappa shape index (κ3) is 8.07. The molecule has 9 heteroatoms. The number of aliphatic imine (C=N–C) groups is 1. The van der Waals surface area contributed by atoms with Gasteiger partial charge >= 0.3 is 0 Å². The number of hydrogen-bond acceptors (Lipinski definition) is 5. The maximum atomic E-state index is 11.3. The Labute approximate surface area is 149 Å². The van der Waals surface area contributed by atoms with Crippen LogP contribution in [0.5, 0.6) is 0 Å². The molecule has 138 valence electrons. The van der Waals surface area contributed by atoms with Crippen molar-refractivity contribution in [2.24, 2.45) is 4.99 Å². The third-order valence-corrected chi connectivity index (χ3v) is 5.89. The number of thiazole rings is 1. The first-order chi connectivity index (χ1) is 11.4. The van der Waals surface area contributed by atoms with Gasteiger partial charge in [-0.15, -0.1) is 11.3 Å². The summed E-state index contributed by atoms with van der Waals surface area (Å²) in [5.41, 5.74) is 1.10. The first-order valence-electron chi connectivity index (χ1n) is 8.30. The van der Waals surface area contributed by atoms with Crippen LogP contribution in [-0.2, 0) is 16.4 Å². The normalized spacial score (nSPS) is 12.4. The second-order valence-electron chi connectivity index (χ2n) is 5.34. The molecule has 0 bridgehead atoms. The van der Waals surface area contributed by atoms with Crippen molar-refractivity contribution in [3.8, 4) is 0 Å². The molecule has 24 heavy (non-hydrogen) atoms. The van der Waals surface area contributed by atoms with Crippen LogP contribution in [0.25, 0.3) is 0 Å². The monoisotopic (exact) mass is 375 g/mol. The van der Waals surface area contributed by atoms with Crippen LogP contribution in [0.4, 0.5) is 0 Å². The number of nitrogens with zero attached hydrogens (tertiary/aromatic N) is 2. The van der Waals surface area contributed by atoms with E-state index in [0.717, 1.165) is 36.2 Å². The van der Waals surface area contributed by atoms with Crippen LogP contribution in [0.15, 0.2) is 4.99 Å². The summed E-state index contributed by atoms with van der Waals surface area (Å²) in [6, 6.07) is 0. The van der Waals surface area contributed by atoms with E-state index in [1.54, 1.807) is 18.3 Å². The molecule has 1 aromatic heterocycles. The molecule has 0 aliphatic rings. The van der Waals surface area contributed by atoms with Gasteiger partial charge in [0.05, 0.1) is 16.5 Å². The summed E-state index contributed by atoms with van der Waals surface area (Å²) < 4.78 is 25.2. The van der Waals surface area contributed by atoms with Crippen LogP contribution < -0.4 is 15.4 Å². The van der Waals surface area contributed by atoms with Crippen molar-refractivity contribution < 1.29 is 8.42 Å². The van der Waals surface area contributed by atoms with Crippen LogP contribution >= 0.6 is 11.3 Å². The number of aryl methyl sites for hydroxylation is 2. The van der Waals surface area contributed by atoms with E-state index in [-0.39, 0.29) is 5.75 Å². The smallest absolute Gasteiger partial charge is 0.211 e. The molecular formula is C15H29N5O2S2. The molecular weight excluding hydrogens is 346 g/mol. The summed E-state index contributed by atoms with van der Waals surface area (Å²) in [6.07, 6.45) is 1.53. The third-order valence-electron chi connectivity index (χ3n) is 3.36. The molecule has 0 unspecified atom stereocenters. The standard InChI is InChI=1S/C15H29N5O2S2/c1-5-16-15(17-9-7-10-19-24(21,22)6-2)18-11-8-14-20-12(3)13(4)23-14/h19H,5-11H2,1-4H3,(H2,16,17,18). The lowest BCUT2D eigenvalue weighted by Gasteiger charge is -2.10. The zero-order valence-electron chi connectivity index (χ0n) is 15.0. The Balaban J connectivity index is 2.34. The largest absolute Gasteiger partial charge is 0.357 e. The summed E-state index contributed by atoms with van der Waals surface area (Å²) in [7, 11) is -3.11. The Hall–Kier alpha value is -1.19. The second-order valence-corrected chi connectivity index (χ2v) is 8.72. The van der Waals surface area contributed by atoms with Gasteiger partial charge in [-0.05, 0) is 34.1 Å². The summed E-state index contributed by atoms with van der Waals surface area (Å²) in [5, 5.41) is 7.60. The second kappa shape index (κ2) is 10.6. The fourth-order valence-corrected chi connectivity index (χ4v) is 3.47. The number of hydrogen-bond donors (Lipinski definition) is 3. The molecule has 0 amide bonds. The lowest BCUT2D eigenvalue weighted by atomic mass is 10.4. The van der Waals surface area contributed by atoms with Crippen LogP contribution in [-0.4, -0.2) is 51.3 Å². The molecule has 7 nitrogen and oxygen atoms in total. The molecule has 0 aliphatic carbocycles. The van der Waals surface area contributed by atoms with E-state index >= 15 is 0 Å². The van der Waals surface area contributed by atoms with Gasteiger partial charge in [0.25, 0.3) is 0 Å².